The maximum Gasteiger partial charge on any atom is 0.000505 e. The van der Waals surface area contributed by atoms with Crippen molar-refractivity contribution in [2.45, 2.75) is 59.3 Å². The predicted molar refractivity (Wildman–Crippen MR) is 63.5 cm³/mol. The molecule has 1 nitrogen and oxygen atoms in total. The first-order valence-electron chi connectivity index (χ1n) is 6.37. The zero-order valence-corrected chi connectivity index (χ0v) is 10.2. The van der Waals surface area contributed by atoms with Gasteiger partial charge in [-0.05, 0) is 30.7 Å². The van der Waals surface area contributed by atoms with Crippen molar-refractivity contribution in [1.82, 2.24) is 5.32 Å². The predicted octanol–water partition coefficient (Wildman–Crippen LogP) is 3.59. The Morgan fingerprint density at radius 3 is 2.14 bits per heavy atom. The Balaban J connectivity index is 2.41. The molecule has 0 spiro atoms. The number of hydrogen-bond donors (Lipinski definition) is 1. The van der Waals surface area contributed by atoms with Crippen LogP contribution >= 0.6 is 0 Å². The van der Waals surface area contributed by atoms with Crippen molar-refractivity contribution >= 4 is 0 Å². The maximum absolute atomic E-state index is 3.51. The molecule has 0 aromatic carbocycles. The summed E-state index contributed by atoms with van der Waals surface area (Å²) in [5.41, 5.74) is 0.500. The van der Waals surface area contributed by atoms with Crippen LogP contribution in [0.1, 0.15) is 59.3 Å². The third-order valence-corrected chi connectivity index (χ3v) is 3.79. The standard InChI is InChI=1S/C13H27N/c1-4-14-11-13(2,3)12-9-7-5-6-8-10-12/h12,14H,4-11H2,1-3H3. The van der Waals surface area contributed by atoms with Gasteiger partial charge in [0.1, 0.15) is 0 Å². The van der Waals surface area contributed by atoms with Crippen molar-refractivity contribution in [2.75, 3.05) is 13.1 Å². The molecular weight excluding hydrogens is 170 g/mol. The van der Waals surface area contributed by atoms with E-state index in [-0.39, 0.29) is 0 Å². The van der Waals surface area contributed by atoms with Crippen molar-refractivity contribution in [3.63, 3.8) is 0 Å². The molecule has 1 N–H and O–H groups in total. The Morgan fingerprint density at radius 1 is 1.07 bits per heavy atom. The van der Waals surface area contributed by atoms with Crippen LogP contribution in [0.15, 0.2) is 0 Å². The van der Waals surface area contributed by atoms with E-state index in [2.05, 4.69) is 26.1 Å². The highest BCUT2D eigenvalue weighted by atomic mass is 14.9. The van der Waals surface area contributed by atoms with Gasteiger partial charge in [0.2, 0.25) is 0 Å². The van der Waals surface area contributed by atoms with Crippen molar-refractivity contribution < 1.29 is 0 Å². The summed E-state index contributed by atoms with van der Waals surface area (Å²) < 4.78 is 0. The van der Waals surface area contributed by atoms with E-state index in [0.717, 1.165) is 12.5 Å². The molecule has 1 fully saturated rings. The fourth-order valence-electron chi connectivity index (χ4n) is 2.65. The van der Waals surface area contributed by atoms with E-state index in [4.69, 9.17) is 0 Å². The maximum atomic E-state index is 3.51. The van der Waals surface area contributed by atoms with Crippen LogP contribution in [0, 0.1) is 11.3 Å². The van der Waals surface area contributed by atoms with E-state index in [1.54, 1.807) is 0 Å². The van der Waals surface area contributed by atoms with Crippen molar-refractivity contribution in [1.29, 1.82) is 0 Å². The average molecular weight is 197 g/mol. The molecule has 1 rings (SSSR count). The van der Waals surface area contributed by atoms with E-state index < -0.39 is 0 Å². The molecule has 0 saturated heterocycles. The molecule has 84 valence electrons. The van der Waals surface area contributed by atoms with Crippen LogP contribution in [0.4, 0.5) is 0 Å². The topological polar surface area (TPSA) is 12.0 Å². The second-order valence-corrected chi connectivity index (χ2v) is 5.46. The van der Waals surface area contributed by atoms with Gasteiger partial charge in [0.25, 0.3) is 0 Å². The number of nitrogens with one attached hydrogen (secondary N) is 1. The van der Waals surface area contributed by atoms with Gasteiger partial charge in [0, 0.05) is 6.54 Å². The van der Waals surface area contributed by atoms with Crippen LogP contribution in [0.5, 0.6) is 0 Å². The zero-order valence-electron chi connectivity index (χ0n) is 10.2. The van der Waals surface area contributed by atoms with Crippen LogP contribution in [-0.2, 0) is 0 Å². The summed E-state index contributed by atoms with van der Waals surface area (Å²) in [5.74, 6) is 0.948. The van der Waals surface area contributed by atoms with E-state index >= 15 is 0 Å². The molecule has 1 saturated carbocycles. The molecule has 1 aliphatic carbocycles. The van der Waals surface area contributed by atoms with E-state index in [0.29, 0.717) is 5.41 Å². The second-order valence-electron chi connectivity index (χ2n) is 5.46. The highest BCUT2D eigenvalue weighted by Crippen LogP contribution is 2.36. The Morgan fingerprint density at radius 2 is 1.64 bits per heavy atom. The van der Waals surface area contributed by atoms with E-state index in [9.17, 15) is 0 Å². The van der Waals surface area contributed by atoms with Gasteiger partial charge in [0.05, 0.1) is 0 Å². The molecule has 0 bridgehead atoms. The summed E-state index contributed by atoms with van der Waals surface area (Å²) in [4.78, 5) is 0. The summed E-state index contributed by atoms with van der Waals surface area (Å²) in [6.07, 6.45) is 8.76. The molecule has 0 atom stereocenters. The molecule has 0 heterocycles. The van der Waals surface area contributed by atoms with Gasteiger partial charge in [-0.2, -0.15) is 0 Å². The van der Waals surface area contributed by atoms with E-state index in [1.807, 2.05) is 0 Å². The van der Waals surface area contributed by atoms with Crippen LogP contribution in [0.25, 0.3) is 0 Å². The molecule has 0 aromatic rings. The average Bonchev–Trinajstić information content (AvgIpc) is 2.43. The zero-order chi connectivity index (χ0) is 10.4. The second kappa shape index (κ2) is 5.75. The summed E-state index contributed by atoms with van der Waals surface area (Å²) in [5, 5.41) is 3.51. The quantitative estimate of drug-likeness (QED) is 0.679. The smallest absolute Gasteiger partial charge is 0.000505 e. The van der Waals surface area contributed by atoms with Gasteiger partial charge in [0.15, 0.2) is 0 Å². The molecular formula is C13H27N. The molecule has 1 aliphatic rings. The minimum atomic E-state index is 0.500. The molecule has 1 heteroatoms. The summed E-state index contributed by atoms with van der Waals surface area (Å²) in [7, 11) is 0. The first-order chi connectivity index (χ1) is 6.67. The lowest BCUT2D eigenvalue weighted by Gasteiger charge is -2.34. The Labute approximate surface area is 89.7 Å². The molecule has 0 amide bonds. The minimum Gasteiger partial charge on any atom is -0.316 e. The molecule has 0 aliphatic heterocycles. The normalized spacial score (nSPS) is 20.8. The fourth-order valence-corrected chi connectivity index (χ4v) is 2.65. The van der Waals surface area contributed by atoms with Crippen molar-refractivity contribution in [2.24, 2.45) is 11.3 Å². The van der Waals surface area contributed by atoms with Gasteiger partial charge in [-0.1, -0.05) is 46.5 Å². The van der Waals surface area contributed by atoms with Crippen LogP contribution in [0.2, 0.25) is 0 Å². The highest BCUT2D eigenvalue weighted by molar-refractivity contribution is 4.81. The lowest BCUT2D eigenvalue weighted by molar-refractivity contribution is 0.184. The van der Waals surface area contributed by atoms with Gasteiger partial charge >= 0.3 is 0 Å². The van der Waals surface area contributed by atoms with Gasteiger partial charge < -0.3 is 5.32 Å². The molecule has 0 unspecified atom stereocenters. The van der Waals surface area contributed by atoms with Gasteiger partial charge in [-0.15, -0.1) is 0 Å². The summed E-state index contributed by atoms with van der Waals surface area (Å²) in [6, 6.07) is 0. The largest absolute Gasteiger partial charge is 0.316 e. The third-order valence-electron chi connectivity index (χ3n) is 3.79. The Kier molecular flexibility index (Phi) is 4.94. The lowest BCUT2D eigenvalue weighted by Crippen LogP contribution is -2.35. The first kappa shape index (κ1) is 12.0. The van der Waals surface area contributed by atoms with Crippen molar-refractivity contribution in [3.05, 3.63) is 0 Å². The number of rotatable bonds is 4. The Hall–Kier alpha value is -0.0400. The first-order valence-corrected chi connectivity index (χ1v) is 6.37. The van der Waals surface area contributed by atoms with Crippen molar-refractivity contribution in [3.8, 4) is 0 Å². The number of hydrogen-bond acceptors (Lipinski definition) is 1. The lowest BCUT2D eigenvalue weighted by atomic mass is 9.74. The summed E-state index contributed by atoms with van der Waals surface area (Å²) >= 11 is 0. The van der Waals surface area contributed by atoms with Crippen LogP contribution < -0.4 is 5.32 Å². The molecule has 0 radical (unpaired) electrons. The van der Waals surface area contributed by atoms with Crippen LogP contribution in [-0.4, -0.2) is 13.1 Å². The highest BCUT2D eigenvalue weighted by Gasteiger charge is 2.28. The minimum absolute atomic E-state index is 0.500. The third kappa shape index (κ3) is 3.61. The monoisotopic (exact) mass is 197 g/mol. The Bertz CT molecular complexity index is 143. The fraction of sp³-hybridized carbons (Fsp3) is 1.00. The molecule has 14 heavy (non-hydrogen) atoms. The SMILES string of the molecule is CCNCC(C)(C)C1CCCCCC1. The van der Waals surface area contributed by atoms with E-state index in [1.165, 1.54) is 45.1 Å². The molecule has 0 aromatic heterocycles. The van der Waals surface area contributed by atoms with Gasteiger partial charge in [-0.3, -0.25) is 0 Å². The van der Waals surface area contributed by atoms with Gasteiger partial charge in [-0.25, -0.2) is 0 Å². The van der Waals surface area contributed by atoms with Crippen LogP contribution in [0.3, 0.4) is 0 Å². The summed E-state index contributed by atoms with van der Waals surface area (Å²) in [6.45, 7) is 9.37.